The lowest BCUT2D eigenvalue weighted by atomic mass is 9.95. The molecule has 23 heavy (non-hydrogen) atoms. The van der Waals surface area contributed by atoms with Crippen molar-refractivity contribution >= 4 is 20.9 Å². The number of hydrogen-bond acceptors (Lipinski definition) is 4. The second-order valence-electron chi connectivity index (χ2n) is 6.45. The molecule has 0 fully saturated rings. The molecule has 0 unspecified atom stereocenters. The Morgan fingerprint density at radius 2 is 1.96 bits per heavy atom. The van der Waals surface area contributed by atoms with Gasteiger partial charge >= 0.3 is 0 Å². The summed E-state index contributed by atoms with van der Waals surface area (Å²) in [5, 5.41) is 0.712. The highest BCUT2D eigenvalue weighted by molar-refractivity contribution is 7.89. The van der Waals surface area contributed by atoms with Crippen molar-refractivity contribution in [2.45, 2.75) is 25.7 Å². The van der Waals surface area contributed by atoms with Gasteiger partial charge in [0.2, 0.25) is 15.6 Å². The third-order valence-corrected chi connectivity index (χ3v) is 5.01. The molecule has 6 nitrogen and oxygen atoms in total. The first-order valence-corrected chi connectivity index (χ1v) is 8.75. The lowest BCUT2D eigenvalue weighted by Crippen LogP contribution is -2.36. The Labute approximate surface area is 135 Å². The highest BCUT2D eigenvalue weighted by Gasteiger charge is 2.22. The summed E-state index contributed by atoms with van der Waals surface area (Å²) in [5.74, 6) is 0. The number of aromatic nitrogens is 1. The molecule has 0 bridgehead atoms. The predicted octanol–water partition coefficient (Wildman–Crippen LogP) is 1.79. The minimum atomic E-state index is -3.63. The van der Waals surface area contributed by atoms with Crippen LogP contribution in [0.5, 0.6) is 0 Å². The molecule has 7 heteroatoms. The average molecular weight is 338 g/mol. The fourth-order valence-electron chi connectivity index (χ4n) is 2.38. The summed E-state index contributed by atoms with van der Waals surface area (Å²) >= 11 is 0. The summed E-state index contributed by atoms with van der Waals surface area (Å²) in [4.78, 5) is 14.3. The number of hydrogen-bond donors (Lipinski definition) is 2. The molecule has 0 aliphatic carbocycles. The van der Waals surface area contributed by atoms with Gasteiger partial charge in [-0.25, -0.2) is 13.1 Å². The van der Waals surface area contributed by atoms with Gasteiger partial charge in [0.05, 0.1) is 11.5 Å². The number of sulfonamides is 1. The van der Waals surface area contributed by atoms with Gasteiger partial charge in [0, 0.05) is 36.0 Å². The maximum absolute atomic E-state index is 12.5. The van der Waals surface area contributed by atoms with Crippen molar-refractivity contribution in [1.29, 1.82) is 0 Å². The molecule has 1 heterocycles. The Bertz CT molecular complexity index is 869. The van der Waals surface area contributed by atoms with Gasteiger partial charge in [-0.1, -0.05) is 13.8 Å². The van der Waals surface area contributed by atoms with Crippen molar-refractivity contribution in [3.05, 3.63) is 40.2 Å². The van der Waals surface area contributed by atoms with E-state index in [0.717, 1.165) is 5.56 Å². The number of aromatic amines is 1. The van der Waals surface area contributed by atoms with E-state index in [1.165, 1.54) is 12.1 Å². The van der Waals surface area contributed by atoms with Crippen LogP contribution in [0.2, 0.25) is 0 Å². The minimum absolute atomic E-state index is 0.174. The minimum Gasteiger partial charge on any atom is -0.384 e. The summed E-state index contributed by atoms with van der Waals surface area (Å²) in [7, 11) is -2.04. The molecule has 0 aliphatic heterocycles. The quantitative estimate of drug-likeness (QED) is 0.840. The zero-order valence-corrected chi connectivity index (χ0v) is 14.6. The van der Waals surface area contributed by atoms with E-state index in [1.54, 1.807) is 26.2 Å². The molecular weight excluding hydrogens is 316 g/mol. The number of methoxy groups -OCH3 is 1. The molecule has 0 saturated heterocycles. The van der Waals surface area contributed by atoms with E-state index >= 15 is 0 Å². The monoisotopic (exact) mass is 338 g/mol. The molecule has 2 N–H and O–H groups in total. The largest absolute Gasteiger partial charge is 0.384 e. The maximum Gasteiger partial charge on any atom is 0.248 e. The summed E-state index contributed by atoms with van der Waals surface area (Å²) < 4.78 is 32.7. The molecular formula is C16H22N2O4S. The smallest absolute Gasteiger partial charge is 0.248 e. The number of fused-ring (bicyclic) bond motifs is 1. The van der Waals surface area contributed by atoms with Gasteiger partial charge in [0.1, 0.15) is 0 Å². The molecule has 0 amide bonds. The van der Waals surface area contributed by atoms with Gasteiger partial charge < -0.3 is 9.72 Å². The normalized spacial score (nSPS) is 12.7. The van der Waals surface area contributed by atoms with E-state index in [0.29, 0.717) is 17.5 Å². The molecule has 2 rings (SSSR count). The maximum atomic E-state index is 12.5. The second kappa shape index (κ2) is 6.43. The van der Waals surface area contributed by atoms with Crippen LogP contribution >= 0.6 is 0 Å². The summed E-state index contributed by atoms with van der Waals surface area (Å²) in [6.07, 6.45) is 0. The Morgan fingerprint density at radius 3 is 2.61 bits per heavy atom. The third-order valence-electron chi connectivity index (χ3n) is 3.61. The fraction of sp³-hybridized carbons (Fsp3) is 0.438. The molecule has 0 radical (unpaired) electrons. The highest BCUT2D eigenvalue weighted by Crippen LogP contribution is 2.20. The highest BCUT2D eigenvalue weighted by atomic mass is 32.2. The van der Waals surface area contributed by atoms with Crippen molar-refractivity contribution in [1.82, 2.24) is 9.71 Å². The van der Waals surface area contributed by atoms with E-state index in [1.807, 2.05) is 13.8 Å². The summed E-state index contributed by atoms with van der Waals surface area (Å²) in [5.41, 5.74) is 0.846. The lowest BCUT2D eigenvalue weighted by Gasteiger charge is -2.23. The van der Waals surface area contributed by atoms with Crippen molar-refractivity contribution in [2.75, 3.05) is 20.3 Å². The zero-order chi connectivity index (χ0) is 17.3. The molecule has 126 valence electrons. The number of aryl methyl sites for hydroxylation is 1. The SMILES string of the molecule is COCC(C)(C)CNS(=O)(=O)c1ccc2[nH]c(=O)cc(C)c2c1. The van der Waals surface area contributed by atoms with Crippen LogP contribution in [0, 0.1) is 12.3 Å². The van der Waals surface area contributed by atoms with Crippen molar-refractivity contribution in [2.24, 2.45) is 5.41 Å². The third kappa shape index (κ3) is 4.19. The van der Waals surface area contributed by atoms with E-state index in [4.69, 9.17) is 4.74 Å². The van der Waals surface area contributed by atoms with Crippen LogP contribution in [0.4, 0.5) is 0 Å². The van der Waals surface area contributed by atoms with Gasteiger partial charge in [0.15, 0.2) is 0 Å². The van der Waals surface area contributed by atoms with Gasteiger partial charge in [-0.15, -0.1) is 0 Å². The molecule has 0 aliphatic rings. The van der Waals surface area contributed by atoms with Crippen molar-refractivity contribution < 1.29 is 13.2 Å². The Kier molecular flexibility index (Phi) is 4.93. The van der Waals surface area contributed by atoms with Crippen LogP contribution in [0.3, 0.4) is 0 Å². The van der Waals surface area contributed by atoms with Gasteiger partial charge in [-0.2, -0.15) is 0 Å². The van der Waals surface area contributed by atoms with Crippen LogP contribution in [0.15, 0.2) is 34.0 Å². The molecule has 0 spiro atoms. The number of rotatable bonds is 6. The van der Waals surface area contributed by atoms with Crippen LogP contribution < -0.4 is 10.3 Å². The molecule has 1 aromatic heterocycles. The Morgan fingerprint density at radius 1 is 1.26 bits per heavy atom. The number of nitrogens with one attached hydrogen (secondary N) is 2. The van der Waals surface area contributed by atoms with Gasteiger partial charge in [-0.3, -0.25) is 4.79 Å². The first-order chi connectivity index (χ1) is 10.6. The fourth-order valence-corrected chi connectivity index (χ4v) is 3.65. The standard InChI is InChI=1S/C16H22N2O4S/c1-11-7-15(19)18-14-6-5-12(8-13(11)14)23(20,21)17-9-16(2,3)10-22-4/h5-8,17H,9-10H2,1-4H3,(H,18,19). The van der Waals surface area contributed by atoms with Crippen LogP contribution in [0.25, 0.3) is 10.9 Å². The molecule has 2 aromatic rings. The van der Waals surface area contributed by atoms with Crippen LogP contribution in [0.1, 0.15) is 19.4 Å². The number of H-pyrrole nitrogens is 1. The Balaban J connectivity index is 2.33. The molecule has 0 saturated carbocycles. The van der Waals surface area contributed by atoms with Crippen molar-refractivity contribution in [3.8, 4) is 0 Å². The Hall–Kier alpha value is -1.70. The van der Waals surface area contributed by atoms with E-state index in [-0.39, 0.29) is 22.4 Å². The molecule has 0 atom stereocenters. The first-order valence-electron chi connectivity index (χ1n) is 7.27. The van der Waals surface area contributed by atoms with Gasteiger partial charge in [0.25, 0.3) is 0 Å². The van der Waals surface area contributed by atoms with E-state index in [2.05, 4.69) is 9.71 Å². The average Bonchev–Trinajstić information content (AvgIpc) is 2.45. The van der Waals surface area contributed by atoms with Crippen LogP contribution in [-0.2, 0) is 14.8 Å². The first kappa shape index (κ1) is 17.7. The van der Waals surface area contributed by atoms with Crippen LogP contribution in [-0.4, -0.2) is 33.7 Å². The van der Waals surface area contributed by atoms with Crippen molar-refractivity contribution in [3.63, 3.8) is 0 Å². The summed E-state index contributed by atoms with van der Waals surface area (Å²) in [6, 6.07) is 6.13. The number of benzene rings is 1. The van der Waals surface area contributed by atoms with E-state index < -0.39 is 10.0 Å². The predicted molar refractivity (Wildman–Crippen MR) is 90.2 cm³/mol. The second-order valence-corrected chi connectivity index (χ2v) is 8.21. The van der Waals surface area contributed by atoms with Gasteiger partial charge in [-0.05, 0) is 30.7 Å². The number of pyridine rings is 1. The van der Waals surface area contributed by atoms with E-state index in [9.17, 15) is 13.2 Å². The number of ether oxygens (including phenoxy) is 1. The summed E-state index contributed by atoms with van der Waals surface area (Å²) in [6.45, 7) is 6.35. The molecule has 1 aromatic carbocycles. The topological polar surface area (TPSA) is 88.3 Å². The zero-order valence-electron chi connectivity index (χ0n) is 13.8. The lowest BCUT2D eigenvalue weighted by molar-refractivity contribution is 0.107.